The van der Waals surface area contributed by atoms with E-state index in [2.05, 4.69) is 47.6 Å². The van der Waals surface area contributed by atoms with Crippen molar-refractivity contribution in [3.8, 4) is 0 Å². The Bertz CT molecular complexity index is 475. The lowest BCUT2D eigenvalue weighted by molar-refractivity contribution is 1.00. The average molecular weight is 226 g/mol. The first-order chi connectivity index (χ1) is 8.24. The van der Waals surface area contributed by atoms with Crippen molar-refractivity contribution >= 4 is 5.82 Å². The molecule has 0 amide bonds. The first-order valence-corrected chi connectivity index (χ1v) is 5.96. The smallest absolute Gasteiger partial charge is 0.125 e. The van der Waals surface area contributed by atoms with Gasteiger partial charge in [0, 0.05) is 12.7 Å². The van der Waals surface area contributed by atoms with Gasteiger partial charge in [0.25, 0.3) is 0 Å². The minimum atomic E-state index is 0.916. The molecule has 0 saturated heterocycles. The van der Waals surface area contributed by atoms with Crippen molar-refractivity contribution in [2.45, 2.75) is 20.3 Å². The van der Waals surface area contributed by atoms with Crippen molar-refractivity contribution in [1.29, 1.82) is 0 Å². The van der Waals surface area contributed by atoms with Crippen LogP contribution in [0.1, 0.15) is 16.7 Å². The number of aryl methyl sites for hydroxylation is 2. The quantitative estimate of drug-likeness (QED) is 0.864. The second-order valence-electron chi connectivity index (χ2n) is 4.39. The van der Waals surface area contributed by atoms with Crippen molar-refractivity contribution in [3.63, 3.8) is 0 Å². The largest absolute Gasteiger partial charge is 0.370 e. The van der Waals surface area contributed by atoms with E-state index in [9.17, 15) is 0 Å². The summed E-state index contributed by atoms with van der Waals surface area (Å²) in [5.41, 5.74) is 3.87. The van der Waals surface area contributed by atoms with Gasteiger partial charge in [-0.3, -0.25) is 0 Å². The van der Waals surface area contributed by atoms with Crippen LogP contribution < -0.4 is 5.32 Å². The second kappa shape index (κ2) is 5.48. The minimum Gasteiger partial charge on any atom is -0.370 e. The van der Waals surface area contributed by atoms with Gasteiger partial charge in [-0.25, -0.2) is 4.98 Å². The molecule has 0 bridgehead atoms. The Hall–Kier alpha value is -1.83. The highest BCUT2D eigenvalue weighted by molar-refractivity contribution is 5.35. The molecule has 0 spiro atoms. The molecule has 0 unspecified atom stereocenters. The van der Waals surface area contributed by atoms with Gasteiger partial charge in [0.05, 0.1) is 0 Å². The predicted octanol–water partition coefficient (Wildman–Crippen LogP) is 3.35. The third kappa shape index (κ3) is 3.59. The topological polar surface area (TPSA) is 24.9 Å². The lowest BCUT2D eigenvalue weighted by Gasteiger charge is -2.06. The van der Waals surface area contributed by atoms with E-state index in [1.807, 2.05) is 19.2 Å². The standard InChI is InChI=1S/C15H18N2/c1-12-4-3-5-14(10-12)8-9-16-15-7-6-13(2)11-17-15/h3-7,10-11H,8-9H2,1-2H3,(H,16,17). The Morgan fingerprint density at radius 2 is 1.94 bits per heavy atom. The third-order valence-corrected chi connectivity index (χ3v) is 2.71. The molecule has 0 aliphatic carbocycles. The molecule has 2 rings (SSSR count). The second-order valence-corrected chi connectivity index (χ2v) is 4.39. The zero-order chi connectivity index (χ0) is 12.1. The summed E-state index contributed by atoms with van der Waals surface area (Å²) in [5.74, 6) is 0.947. The summed E-state index contributed by atoms with van der Waals surface area (Å²) in [6.07, 6.45) is 2.91. The van der Waals surface area contributed by atoms with Gasteiger partial charge in [0.1, 0.15) is 5.82 Å². The molecular weight excluding hydrogens is 208 g/mol. The molecule has 0 aliphatic heterocycles. The number of nitrogens with zero attached hydrogens (tertiary/aromatic N) is 1. The molecule has 0 saturated carbocycles. The van der Waals surface area contributed by atoms with Crippen LogP contribution in [0.3, 0.4) is 0 Å². The fourth-order valence-corrected chi connectivity index (χ4v) is 1.77. The Morgan fingerprint density at radius 1 is 1.06 bits per heavy atom. The molecule has 1 aromatic heterocycles. The molecule has 2 aromatic rings. The van der Waals surface area contributed by atoms with Crippen LogP contribution in [0.2, 0.25) is 0 Å². The van der Waals surface area contributed by atoms with Crippen LogP contribution >= 0.6 is 0 Å². The Labute approximate surface area is 103 Å². The van der Waals surface area contributed by atoms with Gasteiger partial charge in [0.2, 0.25) is 0 Å². The van der Waals surface area contributed by atoms with Crippen molar-refractivity contribution in [1.82, 2.24) is 4.98 Å². The van der Waals surface area contributed by atoms with Gasteiger partial charge in [0.15, 0.2) is 0 Å². The number of rotatable bonds is 4. The van der Waals surface area contributed by atoms with E-state index in [1.165, 1.54) is 16.7 Å². The molecule has 2 heteroatoms. The maximum absolute atomic E-state index is 4.32. The van der Waals surface area contributed by atoms with E-state index in [0.29, 0.717) is 0 Å². The summed E-state index contributed by atoms with van der Waals surface area (Å²) in [6.45, 7) is 5.08. The van der Waals surface area contributed by atoms with Gasteiger partial charge in [-0.2, -0.15) is 0 Å². The number of anilines is 1. The number of hydrogen-bond donors (Lipinski definition) is 1. The van der Waals surface area contributed by atoms with Crippen molar-refractivity contribution in [2.75, 3.05) is 11.9 Å². The Morgan fingerprint density at radius 3 is 2.65 bits per heavy atom. The maximum atomic E-state index is 4.32. The Kier molecular flexibility index (Phi) is 3.76. The summed E-state index contributed by atoms with van der Waals surface area (Å²) in [7, 11) is 0. The highest BCUT2D eigenvalue weighted by Crippen LogP contribution is 2.07. The molecule has 1 N–H and O–H groups in total. The minimum absolute atomic E-state index is 0.916. The lowest BCUT2D eigenvalue weighted by atomic mass is 10.1. The van der Waals surface area contributed by atoms with E-state index in [0.717, 1.165) is 18.8 Å². The fraction of sp³-hybridized carbons (Fsp3) is 0.267. The van der Waals surface area contributed by atoms with Gasteiger partial charge in [-0.15, -0.1) is 0 Å². The van der Waals surface area contributed by atoms with Crippen LogP contribution in [0.15, 0.2) is 42.6 Å². The molecule has 17 heavy (non-hydrogen) atoms. The normalized spacial score (nSPS) is 10.2. The molecule has 88 valence electrons. The van der Waals surface area contributed by atoms with E-state index in [4.69, 9.17) is 0 Å². The molecule has 0 atom stereocenters. The van der Waals surface area contributed by atoms with Crippen molar-refractivity contribution in [3.05, 3.63) is 59.3 Å². The predicted molar refractivity (Wildman–Crippen MR) is 72.3 cm³/mol. The van der Waals surface area contributed by atoms with Crippen LogP contribution in [-0.4, -0.2) is 11.5 Å². The van der Waals surface area contributed by atoms with E-state index >= 15 is 0 Å². The van der Waals surface area contributed by atoms with Crippen LogP contribution in [-0.2, 0) is 6.42 Å². The van der Waals surface area contributed by atoms with Gasteiger partial charge in [-0.1, -0.05) is 35.9 Å². The number of nitrogens with one attached hydrogen (secondary N) is 1. The third-order valence-electron chi connectivity index (χ3n) is 2.71. The number of hydrogen-bond acceptors (Lipinski definition) is 2. The summed E-state index contributed by atoms with van der Waals surface area (Å²) in [6, 6.07) is 12.7. The van der Waals surface area contributed by atoms with Crippen LogP contribution in [0.5, 0.6) is 0 Å². The van der Waals surface area contributed by atoms with Gasteiger partial charge in [-0.05, 0) is 37.5 Å². The molecule has 2 nitrogen and oxygen atoms in total. The van der Waals surface area contributed by atoms with E-state index < -0.39 is 0 Å². The molecule has 1 aromatic carbocycles. The van der Waals surface area contributed by atoms with Crippen LogP contribution in [0.25, 0.3) is 0 Å². The monoisotopic (exact) mass is 226 g/mol. The first-order valence-electron chi connectivity index (χ1n) is 5.96. The lowest BCUT2D eigenvalue weighted by Crippen LogP contribution is -2.06. The fourth-order valence-electron chi connectivity index (χ4n) is 1.77. The highest BCUT2D eigenvalue weighted by atomic mass is 15.0. The van der Waals surface area contributed by atoms with Crippen molar-refractivity contribution in [2.24, 2.45) is 0 Å². The molecule has 0 fully saturated rings. The van der Waals surface area contributed by atoms with E-state index in [1.54, 1.807) is 0 Å². The Balaban J connectivity index is 1.85. The van der Waals surface area contributed by atoms with Gasteiger partial charge < -0.3 is 5.32 Å². The summed E-state index contributed by atoms with van der Waals surface area (Å²) in [5, 5.41) is 3.33. The van der Waals surface area contributed by atoms with E-state index in [-0.39, 0.29) is 0 Å². The first kappa shape index (κ1) is 11.6. The zero-order valence-corrected chi connectivity index (χ0v) is 10.4. The van der Waals surface area contributed by atoms with Crippen LogP contribution in [0, 0.1) is 13.8 Å². The SMILES string of the molecule is Cc1ccc(NCCc2cccc(C)c2)nc1. The molecule has 0 aliphatic rings. The molecule has 0 radical (unpaired) electrons. The van der Waals surface area contributed by atoms with Crippen molar-refractivity contribution < 1.29 is 0 Å². The molecule has 1 heterocycles. The summed E-state index contributed by atoms with van der Waals surface area (Å²) >= 11 is 0. The zero-order valence-electron chi connectivity index (χ0n) is 10.4. The number of pyridine rings is 1. The van der Waals surface area contributed by atoms with Crippen LogP contribution in [0.4, 0.5) is 5.82 Å². The average Bonchev–Trinajstić information content (AvgIpc) is 2.32. The number of benzene rings is 1. The highest BCUT2D eigenvalue weighted by Gasteiger charge is 1.95. The summed E-state index contributed by atoms with van der Waals surface area (Å²) < 4.78 is 0. The molecular formula is C15H18N2. The maximum Gasteiger partial charge on any atom is 0.125 e. The number of aromatic nitrogens is 1. The van der Waals surface area contributed by atoms with Gasteiger partial charge >= 0.3 is 0 Å². The summed E-state index contributed by atoms with van der Waals surface area (Å²) in [4.78, 5) is 4.32.